The fourth-order valence-corrected chi connectivity index (χ4v) is 1.78. The highest BCUT2D eigenvalue weighted by Crippen LogP contribution is 2.18. The van der Waals surface area contributed by atoms with Crippen LogP contribution < -0.4 is 10.9 Å². The van der Waals surface area contributed by atoms with Crippen LogP contribution in [0.25, 0.3) is 0 Å². The molecule has 1 aromatic rings. The maximum atomic E-state index is 12.2. The summed E-state index contributed by atoms with van der Waals surface area (Å²) in [6.45, 7) is 5.23. The molecule has 20 heavy (non-hydrogen) atoms. The lowest BCUT2D eigenvalue weighted by Gasteiger charge is -2.26. The minimum Gasteiger partial charge on any atom is -0.480 e. The van der Waals surface area contributed by atoms with Crippen molar-refractivity contribution in [2.24, 2.45) is 5.41 Å². The average molecular weight is 280 g/mol. The van der Waals surface area contributed by atoms with Gasteiger partial charge in [-0.05, 0) is 26.3 Å². The monoisotopic (exact) mass is 280 g/mol. The highest BCUT2D eigenvalue weighted by molar-refractivity contribution is 5.86. The smallest absolute Gasteiger partial charge is 0.326 e. The molecule has 0 radical (unpaired) electrons. The minimum atomic E-state index is -1.06. The summed E-state index contributed by atoms with van der Waals surface area (Å²) in [4.78, 5) is 34.7. The first-order valence-corrected chi connectivity index (χ1v) is 6.47. The molecule has 0 aromatic carbocycles. The Morgan fingerprint density at radius 3 is 2.55 bits per heavy atom. The first-order valence-electron chi connectivity index (χ1n) is 6.47. The van der Waals surface area contributed by atoms with E-state index in [0.717, 1.165) is 0 Å². The molecule has 0 aliphatic heterocycles. The lowest BCUT2D eigenvalue weighted by molar-refractivity contribution is -0.143. The van der Waals surface area contributed by atoms with Gasteiger partial charge in [-0.15, -0.1) is 0 Å². The SMILES string of the molecule is CCC(NC(=O)C(C)(C)Cn1ccccc1=O)C(=O)O. The molecule has 1 atom stereocenters. The average Bonchev–Trinajstić information content (AvgIpc) is 2.37. The van der Waals surface area contributed by atoms with Gasteiger partial charge in [-0.2, -0.15) is 0 Å². The van der Waals surface area contributed by atoms with Crippen LogP contribution in [0.3, 0.4) is 0 Å². The van der Waals surface area contributed by atoms with Crippen molar-refractivity contribution in [3.8, 4) is 0 Å². The Morgan fingerprint density at radius 2 is 2.05 bits per heavy atom. The molecule has 0 fully saturated rings. The second kappa shape index (κ2) is 6.36. The van der Waals surface area contributed by atoms with Gasteiger partial charge in [-0.3, -0.25) is 9.59 Å². The van der Waals surface area contributed by atoms with Crippen LogP contribution >= 0.6 is 0 Å². The number of nitrogens with one attached hydrogen (secondary N) is 1. The Bertz CT molecular complexity index is 548. The Hall–Kier alpha value is -2.11. The molecule has 1 rings (SSSR count). The van der Waals surface area contributed by atoms with E-state index in [1.165, 1.54) is 10.6 Å². The van der Waals surface area contributed by atoms with E-state index < -0.39 is 17.4 Å². The van der Waals surface area contributed by atoms with E-state index in [-0.39, 0.29) is 18.0 Å². The Morgan fingerprint density at radius 1 is 1.40 bits per heavy atom. The predicted octanol–water partition coefficient (Wildman–Crippen LogP) is 0.854. The maximum absolute atomic E-state index is 12.2. The summed E-state index contributed by atoms with van der Waals surface area (Å²) in [5.74, 6) is -1.45. The van der Waals surface area contributed by atoms with Crippen LogP contribution in [-0.4, -0.2) is 27.6 Å². The van der Waals surface area contributed by atoms with Gasteiger partial charge in [0.1, 0.15) is 6.04 Å². The van der Waals surface area contributed by atoms with Gasteiger partial charge in [0, 0.05) is 18.8 Å². The molecule has 6 heteroatoms. The van der Waals surface area contributed by atoms with Crippen molar-refractivity contribution < 1.29 is 14.7 Å². The third kappa shape index (κ3) is 3.94. The highest BCUT2D eigenvalue weighted by Gasteiger charge is 2.31. The molecule has 0 saturated heterocycles. The number of pyridine rings is 1. The Balaban J connectivity index is 2.83. The van der Waals surface area contributed by atoms with Gasteiger partial charge in [0.2, 0.25) is 5.91 Å². The number of carbonyl (C=O) groups excluding carboxylic acids is 1. The summed E-state index contributed by atoms with van der Waals surface area (Å²) >= 11 is 0. The van der Waals surface area contributed by atoms with Gasteiger partial charge in [0.15, 0.2) is 0 Å². The fourth-order valence-electron chi connectivity index (χ4n) is 1.78. The van der Waals surface area contributed by atoms with E-state index >= 15 is 0 Å². The van der Waals surface area contributed by atoms with E-state index in [1.54, 1.807) is 39.1 Å². The molecule has 0 aliphatic rings. The van der Waals surface area contributed by atoms with Crippen LogP contribution in [0, 0.1) is 5.41 Å². The van der Waals surface area contributed by atoms with Crippen LogP contribution in [0.1, 0.15) is 27.2 Å². The van der Waals surface area contributed by atoms with Crippen LogP contribution in [0.4, 0.5) is 0 Å². The van der Waals surface area contributed by atoms with Gasteiger partial charge >= 0.3 is 5.97 Å². The zero-order valence-corrected chi connectivity index (χ0v) is 11.9. The first kappa shape index (κ1) is 15.9. The lowest BCUT2D eigenvalue weighted by Crippen LogP contribution is -2.48. The van der Waals surface area contributed by atoms with Crippen LogP contribution in [0.5, 0.6) is 0 Å². The van der Waals surface area contributed by atoms with Crippen LogP contribution in [-0.2, 0) is 16.1 Å². The summed E-state index contributed by atoms with van der Waals surface area (Å²) in [7, 11) is 0. The maximum Gasteiger partial charge on any atom is 0.326 e. The molecule has 0 aliphatic carbocycles. The van der Waals surface area contributed by atoms with Crippen LogP contribution in [0.2, 0.25) is 0 Å². The van der Waals surface area contributed by atoms with Crippen molar-refractivity contribution in [3.05, 3.63) is 34.7 Å². The van der Waals surface area contributed by atoms with Crippen molar-refractivity contribution in [2.75, 3.05) is 0 Å². The molecule has 0 spiro atoms. The number of carboxylic acid groups (broad SMARTS) is 1. The van der Waals surface area contributed by atoms with E-state index in [9.17, 15) is 14.4 Å². The second-order valence-electron chi connectivity index (χ2n) is 5.32. The topological polar surface area (TPSA) is 88.4 Å². The molecular weight excluding hydrogens is 260 g/mol. The van der Waals surface area contributed by atoms with E-state index in [0.29, 0.717) is 6.42 Å². The normalized spacial score (nSPS) is 12.8. The molecule has 0 bridgehead atoms. The Kier molecular flexibility index (Phi) is 5.07. The molecule has 6 nitrogen and oxygen atoms in total. The third-order valence-corrected chi connectivity index (χ3v) is 3.09. The summed E-state index contributed by atoms with van der Waals surface area (Å²) in [5.41, 5.74) is -1.08. The third-order valence-electron chi connectivity index (χ3n) is 3.09. The number of aromatic nitrogens is 1. The number of carboxylic acids is 1. The van der Waals surface area contributed by atoms with Crippen molar-refractivity contribution in [2.45, 2.75) is 39.8 Å². The zero-order chi connectivity index (χ0) is 15.3. The standard InChI is InChI=1S/C14H20N2O4/c1-4-10(12(18)19)15-13(20)14(2,3)9-16-8-6-5-7-11(16)17/h5-8,10H,4,9H2,1-3H3,(H,15,20)(H,18,19). The quantitative estimate of drug-likeness (QED) is 0.808. The van der Waals surface area contributed by atoms with Gasteiger partial charge < -0.3 is 15.0 Å². The summed E-state index contributed by atoms with van der Waals surface area (Å²) in [6, 6.07) is 3.85. The molecule has 2 N–H and O–H groups in total. The molecule has 0 saturated carbocycles. The van der Waals surface area contributed by atoms with Gasteiger partial charge in [0.25, 0.3) is 5.56 Å². The number of rotatable bonds is 6. The van der Waals surface area contributed by atoms with Crippen molar-refractivity contribution in [1.82, 2.24) is 9.88 Å². The van der Waals surface area contributed by atoms with Gasteiger partial charge in [0.05, 0.1) is 5.41 Å². The number of aliphatic carboxylic acids is 1. The largest absolute Gasteiger partial charge is 0.480 e. The van der Waals surface area contributed by atoms with Gasteiger partial charge in [-0.25, -0.2) is 4.79 Å². The minimum absolute atomic E-state index is 0.189. The number of amides is 1. The number of nitrogens with zero attached hydrogens (tertiary/aromatic N) is 1. The first-order chi connectivity index (χ1) is 9.27. The summed E-state index contributed by atoms with van der Waals surface area (Å²) in [5, 5.41) is 11.4. The molecule has 110 valence electrons. The number of carbonyl (C=O) groups is 2. The summed E-state index contributed by atoms with van der Waals surface area (Å²) in [6.07, 6.45) is 1.91. The van der Waals surface area contributed by atoms with E-state index in [4.69, 9.17) is 5.11 Å². The van der Waals surface area contributed by atoms with E-state index in [1.807, 2.05) is 0 Å². The molecule has 1 amide bonds. The number of hydrogen-bond donors (Lipinski definition) is 2. The van der Waals surface area contributed by atoms with Crippen LogP contribution in [0.15, 0.2) is 29.2 Å². The predicted molar refractivity (Wildman–Crippen MR) is 74.3 cm³/mol. The highest BCUT2D eigenvalue weighted by atomic mass is 16.4. The Labute approximate surface area is 117 Å². The van der Waals surface area contributed by atoms with E-state index in [2.05, 4.69) is 5.32 Å². The zero-order valence-electron chi connectivity index (χ0n) is 11.9. The van der Waals surface area contributed by atoms with Crippen molar-refractivity contribution in [3.63, 3.8) is 0 Å². The molecule has 1 unspecified atom stereocenters. The second-order valence-corrected chi connectivity index (χ2v) is 5.32. The van der Waals surface area contributed by atoms with Gasteiger partial charge in [-0.1, -0.05) is 13.0 Å². The molecular formula is C14H20N2O4. The van der Waals surface area contributed by atoms with Crippen molar-refractivity contribution in [1.29, 1.82) is 0 Å². The molecule has 1 aromatic heterocycles. The van der Waals surface area contributed by atoms with Crippen molar-refractivity contribution >= 4 is 11.9 Å². The number of hydrogen-bond acceptors (Lipinski definition) is 3. The summed E-state index contributed by atoms with van der Waals surface area (Å²) < 4.78 is 1.43. The molecule has 1 heterocycles. The lowest BCUT2D eigenvalue weighted by atomic mass is 9.91. The fraction of sp³-hybridized carbons (Fsp3) is 0.500.